The molecule has 0 radical (unpaired) electrons. The maximum atomic E-state index is 13.1. The summed E-state index contributed by atoms with van der Waals surface area (Å²) in [4.78, 5) is 13.2. The predicted molar refractivity (Wildman–Crippen MR) is 76.7 cm³/mol. The normalized spacial score (nSPS) is 20.1. The van der Waals surface area contributed by atoms with E-state index in [2.05, 4.69) is 11.9 Å². The van der Waals surface area contributed by atoms with Crippen LogP contribution in [-0.4, -0.2) is 43.9 Å². The summed E-state index contributed by atoms with van der Waals surface area (Å²) >= 11 is 5.65. The first-order chi connectivity index (χ1) is 9.25. The Morgan fingerprint density at radius 1 is 1.40 bits per heavy atom. The van der Waals surface area contributed by atoms with Crippen LogP contribution in [0.1, 0.15) is 6.92 Å². The van der Waals surface area contributed by atoms with Crippen molar-refractivity contribution in [2.75, 3.05) is 24.6 Å². The summed E-state index contributed by atoms with van der Waals surface area (Å²) in [6, 6.07) is -0.433. The number of allylic oxidation sites excluding steroid dienone is 5. The van der Waals surface area contributed by atoms with Crippen LogP contribution in [0.25, 0.3) is 0 Å². The number of hydrogen-bond acceptors (Lipinski definition) is 3. The van der Waals surface area contributed by atoms with Gasteiger partial charge in [0.25, 0.3) is 0 Å². The molecule has 1 fully saturated rings. The number of amides is 2. The van der Waals surface area contributed by atoms with Crippen molar-refractivity contribution in [2.24, 2.45) is 0 Å². The van der Waals surface area contributed by atoms with Crippen molar-refractivity contribution in [1.82, 2.24) is 10.2 Å². The van der Waals surface area contributed by atoms with Crippen molar-refractivity contribution in [1.29, 1.82) is 0 Å². The zero-order valence-electron chi connectivity index (χ0n) is 11.0. The van der Waals surface area contributed by atoms with Gasteiger partial charge in [0.15, 0.2) is 9.84 Å². The standard InChI is InChI=1S/C12H16ClFN2O3S/c1-3-11(14)10(13)8-9(2)15-12(17)16-4-6-20(18,19)7-5-16/h3,8H,1,4-7H2,2H3,(H,15,17)/b9-8+,11-10-. The molecule has 0 aliphatic carbocycles. The van der Waals surface area contributed by atoms with E-state index in [1.807, 2.05) is 0 Å². The first-order valence-corrected chi connectivity index (χ1v) is 8.07. The lowest BCUT2D eigenvalue weighted by Gasteiger charge is -2.26. The molecule has 1 saturated heterocycles. The van der Waals surface area contributed by atoms with Crippen molar-refractivity contribution < 1.29 is 17.6 Å². The average Bonchev–Trinajstić information content (AvgIpc) is 2.37. The Morgan fingerprint density at radius 3 is 2.45 bits per heavy atom. The molecule has 0 aromatic heterocycles. The van der Waals surface area contributed by atoms with Crippen molar-refractivity contribution in [3.8, 4) is 0 Å². The molecule has 0 atom stereocenters. The Labute approximate surface area is 122 Å². The molecule has 112 valence electrons. The summed E-state index contributed by atoms with van der Waals surface area (Å²) in [6.07, 6.45) is 2.22. The van der Waals surface area contributed by atoms with E-state index >= 15 is 0 Å². The SMILES string of the molecule is C=C/C(F)=C(Cl)\C=C(/C)NC(=O)N1CCS(=O)(=O)CC1. The van der Waals surface area contributed by atoms with Crippen LogP contribution in [0.2, 0.25) is 0 Å². The lowest BCUT2D eigenvalue weighted by molar-refractivity contribution is 0.205. The number of carbonyl (C=O) groups is 1. The van der Waals surface area contributed by atoms with Gasteiger partial charge < -0.3 is 10.2 Å². The summed E-state index contributed by atoms with van der Waals surface area (Å²) in [5.41, 5.74) is 0.352. The minimum Gasteiger partial charge on any atom is -0.323 e. The highest BCUT2D eigenvalue weighted by molar-refractivity contribution is 7.91. The van der Waals surface area contributed by atoms with Gasteiger partial charge in [0.05, 0.1) is 16.5 Å². The van der Waals surface area contributed by atoms with Crippen LogP contribution in [0.4, 0.5) is 9.18 Å². The van der Waals surface area contributed by atoms with Gasteiger partial charge in [-0.25, -0.2) is 17.6 Å². The number of nitrogens with one attached hydrogen (secondary N) is 1. The minimum atomic E-state index is -3.04. The van der Waals surface area contributed by atoms with Gasteiger partial charge in [-0.05, 0) is 19.1 Å². The maximum absolute atomic E-state index is 13.1. The Hall–Kier alpha value is -1.34. The van der Waals surface area contributed by atoms with E-state index < -0.39 is 21.7 Å². The molecule has 1 N–H and O–H groups in total. The molecule has 0 aromatic rings. The van der Waals surface area contributed by atoms with Gasteiger partial charge in [-0.1, -0.05) is 18.2 Å². The summed E-state index contributed by atoms with van der Waals surface area (Å²) in [7, 11) is -3.04. The number of nitrogens with zero attached hydrogens (tertiary/aromatic N) is 1. The molecule has 0 bridgehead atoms. The molecule has 0 spiro atoms. The molecular weight excluding hydrogens is 307 g/mol. The first-order valence-electron chi connectivity index (χ1n) is 5.87. The van der Waals surface area contributed by atoms with Crippen LogP contribution in [0, 0.1) is 0 Å². The molecule has 1 rings (SSSR count). The average molecular weight is 323 g/mol. The van der Waals surface area contributed by atoms with E-state index in [0.29, 0.717) is 5.70 Å². The highest BCUT2D eigenvalue weighted by Crippen LogP contribution is 2.14. The number of halogens is 2. The monoisotopic (exact) mass is 322 g/mol. The van der Waals surface area contributed by atoms with Crippen molar-refractivity contribution in [3.63, 3.8) is 0 Å². The third-order valence-electron chi connectivity index (χ3n) is 2.69. The molecule has 1 heterocycles. The first kappa shape index (κ1) is 16.7. The second-order valence-corrected chi connectivity index (χ2v) is 7.01. The van der Waals surface area contributed by atoms with E-state index in [4.69, 9.17) is 11.6 Å². The van der Waals surface area contributed by atoms with Gasteiger partial charge in [0.1, 0.15) is 5.83 Å². The molecule has 0 saturated carbocycles. The summed E-state index contributed by atoms with van der Waals surface area (Å²) in [5.74, 6) is -0.784. The van der Waals surface area contributed by atoms with Crippen LogP contribution in [0.3, 0.4) is 0 Å². The van der Waals surface area contributed by atoms with Crippen LogP contribution < -0.4 is 5.32 Å². The molecule has 5 nitrogen and oxygen atoms in total. The second kappa shape index (κ2) is 6.90. The fourth-order valence-corrected chi connectivity index (χ4v) is 3.00. The van der Waals surface area contributed by atoms with Gasteiger partial charge in [0, 0.05) is 18.8 Å². The second-order valence-electron chi connectivity index (χ2n) is 4.30. The molecule has 20 heavy (non-hydrogen) atoms. The zero-order valence-corrected chi connectivity index (χ0v) is 12.6. The van der Waals surface area contributed by atoms with E-state index in [1.165, 1.54) is 11.0 Å². The number of rotatable bonds is 3. The third kappa shape index (κ3) is 4.97. The molecule has 0 unspecified atom stereocenters. The molecule has 2 amide bonds. The van der Waals surface area contributed by atoms with Crippen LogP contribution in [-0.2, 0) is 9.84 Å². The van der Waals surface area contributed by atoms with E-state index in [1.54, 1.807) is 6.92 Å². The molecular formula is C12H16ClFN2O3S. The highest BCUT2D eigenvalue weighted by Gasteiger charge is 2.24. The van der Waals surface area contributed by atoms with Crippen molar-refractivity contribution >= 4 is 27.5 Å². The van der Waals surface area contributed by atoms with E-state index in [9.17, 15) is 17.6 Å². The van der Waals surface area contributed by atoms with Gasteiger partial charge in [-0.15, -0.1) is 0 Å². The van der Waals surface area contributed by atoms with Gasteiger partial charge in [-0.3, -0.25) is 0 Å². The van der Waals surface area contributed by atoms with Gasteiger partial charge in [-0.2, -0.15) is 0 Å². The smallest absolute Gasteiger partial charge is 0.321 e. The zero-order chi connectivity index (χ0) is 15.3. The Bertz CT molecular complexity index is 555. The maximum Gasteiger partial charge on any atom is 0.321 e. The summed E-state index contributed by atoms with van der Waals surface area (Å²) in [6.45, 7) is 5.08. The number of carbonyl (C=O) groups excluding carboxylic acids is 1. The molecule has 0 aromatic carbocycles. The van der Waals surface area contributed by atoms with Crippen molar-refractivity contribution in [2.45, 2.75) is 6.92 Å². The molecule has 1 aliphatic rings. The topological polar surface area (TPSA) is 66.5 Å². The fraction of sp³-hybridized carbons (Fsp3) is 0.417. The largest absolute Gasteiger partial charge is 0.323 e. The molecule has 8 heteroatoms. The summed E-state index contributed by atoms with van der Waals surface area (Å²) < 4.78 is 35.6. The lowest BCUT2D eigenvalue weighted by Crippen LogP contribution is -2.47. The number of sulfone groups is 1. The van der Waals surface area contributed by atoms with Gasteiger partial charge >= 0.3 is 6.03 Å². The lowest BCUT2D eigenvalue weighted by atomic mass is 10.3. The Kier molecular flexibility index (Phi) is 5.76. The fourth-order valence-electron chi connectivity index (χ4n) is 1.56. The Balaban J connectivity index is 2.63. The highest BCUT2D eigenvalue weighted by atomic mass is 35.5. The Morgan fingerprint density at radius 2 is 1.95 bits per heavy atom. The number of hydrogen-bond donors (Lipinski definition) is 1. The quantitative estimate of drug-likeness (QED) is 0.807. The van der Waals surface area contributed by atoms with Gasteiger partial charge in [0.2, 0.25) is 0 Å². The van der Waals surface area contributed by atoms with E-state index in [-0.39, 0.29) is 29.6 Å². The third-order valence-corrected chi connectivity index (χ3v) is 4.59. The number of urea groups is 1. The van der Waals surface area contributed by atoms with Crippen LogP contribution in [0.15, 0.2) is 35.3 Å². The minimum absolute atomic E-state index is 0.0467. The van der Waals surface area contributed by atoms with Crippen molar-refractivity contribution in [3.05, 3.63) is 35.3 Å². The summed E-state index contributed by atoms with van der Waals surface area (Å²) in [5, 5.41) is 2.35. The molecule has 1 aliphatic heterocycles. The van der Waals surface area contributed by atoms with Crippen LogP contribution in [0.5, 0.6) is 0 Å². The predicted octanol–water partition coefficient (Wildman–Crippen LogP) is 1.94. The van der Waals surface area contributed by atoms with Crippen LogP contribution >= 0.6 is 11.6 Å². The van der Waals surface area contributed by atoms with E-state index in [0.717, 1.165) is 6.08 Å².